The molecule has 0 unspecified atom stereocenters. The lowest BCUT2D eigenvalue weighted by Gasteiger charge is -2.32. The third-order valence-electron chi connectivity index (χ3n) is 5.49. The summed E-state index contributed by atoms with van der Waals surface area (Å²) in [4.78, 5) is 19.1. The van der Waals surface area contributed by atoms with Gasteiger partial charge in [-0.15, -0.1) is 0 Å². The van der Waals surface area contributed by atoms with Crippen molar-refractivity contribution in [1.82, 2.24) is 15.2 Å². The Morgan fingerprint density at radius 1 is 0.933 bits per heavy atom. The molecule has 0 saturated carbocycles. The third-order valence-corrected chi connectivity index (χ3v) is 5.49. The average molecular weight is 402 g/mol. The van der Waals surface area contributed by atoms with Crippen LogP contribution in [0.5, 0.6) is 0 Å². The van der Waals surface area contributed by atoms with Gasteiger partial charge >= 0.3 is 6.09 Å². The van der Waals surface area contributed by atoms with Crippen molar-refractivity contribution in [3.05, 3.63) is 102 Å². The Kier molecular flexibility index (Phi) is 6.72. The molecular formula is C25H27N3O2. The molecule has 154 valence electrons. The van der Waals surface area contributed by atoms with Crippen LogP contribution in [0.3, 0.4) is 0 Å². The fourth-order valence-electron chi connectivity index (χ4n) is 3.88. The van der Waals surface area contributed by atoms with Crippen LogP contribution in [0.1, 0.15) is 35.6 Å². The standard InChI is InChI=1S/C25H27N3O2/c29-25(27-24(21-7-3-1-4-8-21)22-9-5-2-6-10-22)30-23-13-17-28(18-14-23)19-20-11-15-26-16-12-20/h1-12,15-16,23-24H,13-14,17-19H2,(H,27,29). The van der Waals surface area contributed by atoms with Gasteiger partial charge in [-0.05, 0) is 41.7 Å². The van der Waals surface area contributed by atoms with Gasteiger partial charge in [-0.2, -0.15) is 0 Å². The molecule has 1 aromatic heterocycles. The molecule has 30 heavy (non-hydrogen) atoms. The molecule has 1 amide bonds. The Bertz CT molecular complexity index is 871. The van der Waals surface area contributed by atoms with Crippen molar-refractivity contribution in [1.29, 1.82) is 0 Å². The lowest BCUT2D eigenvalue weighted by molar-refractivity contribution is 0.0476. The van der Waals surface area contributed by atoms with Crippen molar-refractivity contribution in [3.8, 4) is 0 Å². The first kappa shape index (κ1) is 20.1. The zero-order valence-electron chi connectivity index (χ0n) is 17.0. The number of carbonyl (C=O) groups excluding carboxylic acids is 1. The van der Waals surface area contributed by atoms with Crippen molar-refractivity contribution >= 4 is 6.09 Å². The molecule has 1 N–H and O–H groups in total. The van der Waals surface area contributed by atoms with Crippen LogP contribution in [0, 0.1) is 0 Å². The molecule has 5 nitrogen and oxygen atoms in total. The second-order valence-electron chi connectivity index (χ2n) is 7.63. The number of hydrogen-bond donors (Lipinski definition) is 1. The number of piperidine rings is 1. The van der Waals surface area contributed by atoms with Gasteiger partial charge in [0.15, 0.2) is 0 Å². The van der Waals surface area contributed by atoms with E-state index in [2.05, 4.69) is 15.2 Å². The van der Waals surface area contributed by atoms with Gasteiger partial charge in [0, 0.05) is 32.0 Å². The average Bonchev–Trinajstić information content (AvgIpc) is 2.81. The summed E-state index contributed by atoms with van der Waals surface area (Å²) in [6, 6.07) is 23.8. The van der Waals surface area contributed by atoms with E-state index in [1.165, 1.54) is 5.56 Å². The molecule has 2 heterocycles. The highest BCUT2D eigenvalue weighted by Gasteiger charge is 2.24. The normalized spacial score (nSPS) is 15.1. The van der Waals surface area contributed by atoms with E-state index < -0.39 is 0 Å². The molecule has 1 aliphatic heterocycles. The number of likely N-dealkylation sites (tertiary alicyclic amines) is 1. The fraction of sp³-hybridized carbons (Fsp3) is 0.280. The van der Waals surface area contributed by atoms with Crippen LogP contribution in [-0.4, -0.2) is 35.2 Å². The Balaban J connectivity index is 1.32. The van der Waals surface area contributed by atoms with Crippen molar-refractivity contribution < 1.29 is 9.53 Å². The highest BCUT2D eigenvalue weighted by atomic mass is 16.6. The fourth-order valence-corrected chi connectivity index (χ4v) is 3.88. The smallest absolute Gasteiger partial charge is 0.408 e. The van der Waals surface area contributed by atoms with Crippen molar-refractivity contribution in [2.24, 2.45) is 0 Å². The van der Waals surface area contributed by atoms with Crippen LogP contribution in [0.25, 0.3) is 0 Å². The second-order valence-corrected chi connectivity index (χ2v) is 7.63. The van der Waals surface area contributed by atoms with Crippen LogP contribution >= 0.6 is 0 Å². The van der Waals surface area contributed by atoms with Crippen LogP contribution in [0.4, 0.5) is 4.79 Å². The van der Waals surface area contributed by atoms with Gasteiger partial charge in [-0.25, -0.2) is 4.79 Å². The number of nitrogens with zero attached hydrogens (tertiary/aromatic N) is 2. The largest absolute Gasteiger partial charge is 0.446 e. The van der Waals surface area contributed by atoms with E-state index in [4.69, 9.17) is 4.74 Å². The number of rotatable bonds is 6. The third kappa shape index (κ3) is 5.45. The predicted octanol–water partition coefficient (Wildman–Crippen LogP) is 4.56. The first-order chi connectivity index (χ1) is 14.8. The molecule has 0 radical (unpaired) electrons. The van der Waals surface area contributed by atoms with Gasteiger partial charge in [0.25, 0.3) is 0 Å². The maximum Gasteiger partial charge on any atom is 0.408 e. The zero-order chi connectivity index (χ0) is 20.6. The summed E-state index contributed by atoms with van der Waals surface area (Å²) in [7, 11) is 0. The van der Waals surface area contributed by atoms with E-state index in [1.807, 2.05) is 85.2 Å². The molecule has 1 fully saturated rings. The van der Waals surface area contributed by atoms with Gasteiger partial charge in [0.1, 0.15) is 6.10 Å². The Morgan fingerprint density at radius 2 is 1.50 bits per heavy atom. The number of aromatic nitrogens is 1. The molecule has 0 bridgehead atoms. The highest BCUT2D eigenvalue weighted by Crippen LogP contribution is 2.23. The summed E-state index contributed by atoms with van der Waals surface area (Å²) in [6.45, 7) is 2.74. The van der Waals surface area contributed by atoms with E-state index in [-0.39, 0.29) is 18.2 Å². The number of alkyl carbamates (subject to hydrolysis) is 1. The van der Waals surface area contributed by atoms with Gasteiger partial charge in [-0.1, -0.05) is 60.7 Å². The number of benzene rings is 2. The summed E-state index contributed by atoms with van der Waals surface area (Å²) in [5.74, 6) is 0. The molecule has 1 aliphatic rings. The van der Waals surface area contributed by atoms with Crippen molar-refractivity contribution in [2.75, 3.05) is 13.1 Å². The topological polar surface area (TPSA) is 54.5 Å². The number of ether oxygens (including phenoxy) is 1. The monoisotopic (exact) mass is 401 g/mol. The lowest BCUT2D eigenvalue weighted by Crippen LogP contribution is -2.40. The van der Waals surface area contributed by atoms with Gasteiger partial charge in [0.05, 0.1) is 6.04 Å². The lowest BCUT2D eigenvalue weighted by atomic mass is 9.99. The van der Waals surface area contributed by atoms with Crippen LogP contribution in [-0.2, 0) is 11.3 Å². The summed E-state index contributed by atoms with van der Waals surface area (Å²) in [6.07, 6.45) is 4.93. The maximum absolute atomic E-state index is 12.7. The molecular weight excluding hydrogens is 374 g/mol. The van der Waals surface area contributed by atoms with Crippen LogP contribution in [0.2, 0.25) is 0 Å². The summed E-state index contributed by atoms with van der Waals surface area (Å²) in [5, 5.41) is 3.07. The van der Waals surface area contributed by atoms with Crippen molar-refractivity contribution in [2.45, 2.75) is 31.5 Å². The molecule has 5 heteroatoms. The van der Waals surface area contributed by atoms with Gasteiger partial charge in [-0.3, -0.25) is 9.88 Å². The molecule has 0 atom stereocenters. The van der Waals surface area contributed by atoms with Crippen LogP contribution < -0.4 is 5.32 Å². The Morgan fingerprint density at radius 3 is 2.07 bits per heavy atom. The minimum atomic E-state index is -0.361. The van der Waals surface area contributed by atoms with Crippen molar-refractivity contribution in [3.63, 3.8) is 0 Å². The minimum absolute atomic E-state index is 0.0501. The van der Waals surface area contributed by atoms with E-state index in [0.29, 0.717) is 0 Å². The number of hydrogen-bond acceptors (Lipinski definition) is 4. The van der Waals surface area contributed by atoms with Gasteiger partial charge < -0.3 is 10.1 Å². The Hall–Kier alpha value is -3.18. The number of amides is 1. The summed E-state index contributed by atoms with van der Waals surface area (Å²) >= 11 is 0. The predicted molar refractivity (Wildman–Crippen MR) is 117 cm³/mol. The Labute approximate surface area is 177 Å². The second kappa shape index (κ2) is 10.0. The van der Waals surface area contributed by atoms with E-state index in [0.717, 1.165) is 43.6 Å². The van der Waals surface area contributed by atoms with Crippen LogP contribution in [0.15, 0.2) is 85.2 Å². The molecule has 2 aromatic carbocycles. The minimum Gasteiger partial charge on any atom is -0.446 e. The first-order valence-electron chi connectivity index (χ1n) is 10.5. The first-order valence-corrected chi connectivity index (χ1v) is 10.5. The molecule has 0 spiro atoms. The maximum atomic E-state index is 12.7. The molecule has 4 rings (SSSR count). The highest BCUT2D eigenvalue weighted by molar-refractivity contribution is 5.69. The quantitative estimate of drug-likeness (QED) is 0.658. The number of nitrogens with one attached hydrogen (secondary N) is 1. The van der Waals surface area contributed by atoms with E-state index in [9.17, 15) is 4.79 Å². The van der Waals surface area contributed by atoms with E-state index in [1.54, 1.807) is 0 Å². The molecule has 0 aliphatic carbocycles. The SMILES string of the molecule is O=C(NC(c1ccccc1)c1ccccc1)OC1CCN(Cc2ccncc2)CC1. The summed E-state index contributed by atoms with van der Waals surface area (Å²) < 4.78 is 5.78. The number of pyridine rings is 1. The molecule has 3 aromatic rings. The van der Waals surface area contributed by atoms with E-state index >= 15 is 0 Å². The summed E-state index contributed by atoms with van der Waals surface area (Å²) in [5.41, 5.74) is 3.33. The molecule has 1 saturated heterocycles. The van der Waals surface area contributed by atoms with Gasteiger partial charge in [0.2, 0.25) is 0 Å². The number of carbonyl (C=O) groups is 1. The zero-order valence-corrected chi connectivity index (χ0v) is 17.0.